The van der Waals surface area contributed by atoms with Crippen LogP contribution in [-0.2, 0) is 6.54 Å². The monoisotopic (exact) mass is 265 g/mol. The van der Waals surface area contributed by atoms with Crippen LogP contribution in [0.5, 0.6) is 0 Å². The van der Waals surface area contributed by atoms with Crippen LogP contribution in [-0.4, -0.2) is 6.54 Å². The van der Waals surface area contributed by atoms with E-state index in [9.17, 15) is 5.26 Å². The molecule has 20 heavy (non-hydrogen) atoms. The van der Waals surface area contributed by atoms with Crippen LogP contribution in [0.3, 0.4) is 0 Å². The Labute approximate surface area is 120 Å². The zero-order valence-corrected chi connectivity index (χ0v) is 11.9. The summed E-state index contributed by atoms with van der Waals surface area (Å²) in [6, 6.07) is 16.1. The molecule has 0 fully saturated rings. The molecule has 0 aliphatic rings. The van der Waals surface area contributed by atoms with Crippen LogP contribution in [0.1, 0.15) is 23.6 Å². The van der Waals surface area contributed by atoms with Crippen molar-refractivity contribution in [2.24, 2.45) is 0 Å². The molecule has 0 aliphatic carbocycles. The van der Waals surface area contributed by atoms with Crippen LogP contribution in [0.15, 0.2) is 42.5 Å². The lowest BCUT2D eigenvalue weighted by Crippen LogP contribution is -2.23. The second-order valence-corrected chi connectivity index (χ2v) is 4.89. The van der Waals surface area contributed by atoms with Crippen molar-refractivity contribution in [1.82, 2.24) is 0 Å². The summed E-state index contributed by atoms with van der Waals surface area (Å²) in [5, 5.41) is 9.30. The molecule has 0 radical (unpaired) electrons. The normalized spacial score (nSPS) is 10.1. The van der Waals surface area contributed by atoms with E-state index in [0.717, 1.165) is 35.6 Å². The van der Waals surface area contributed by atoms with Crippen LogP contribution in [0.4, 0.5) is 11.4 Å². The quantitative estimate of drug-likeness (QED) is 0.861. The number of benzene rings is 2. The third kappa shape index (κ3) is 3.10. The maximum absolute atomic E-state index is 9.30. The number of nitrogens with zero attached hydrogens (tertiary/aromatic N) is 2. The Morgan fingerprint density at radius 3 is 2.45 bits per heavy atom. The number of hydrogen-bond donors (Lipinski definition) is 1. The highest BCUT2D eigenvalue weighted by Crippen LogP contribution is 2.23. The fourth-order valence-electron chi connectivity index (χ4n) is 2.23. The standard InChI is InChI=1S/C17H19N3/c1-3-20(12-14-5-7-16(19)8-6-14)17-9-4-13(2)10-15(17)11-18/h4-10H,3,12,19H2,1-2H3. The third-order valence-electron chi connectivity index (χ3n) is 3.35. The molecule has 0 bridgehead atoms. The Morgan fingerprint density at radius 1 is 1.15 bits per heavy atom. The molecule has 3 heteroatoms. The molecule has 2 aromatic carbocycles. The minimum Gasteiger partial charge on any atom is -0.399 e. The Morgan fingerprint density at radius 2 is 1.85 bits per heavy atom. The minimum absolute atomic E-state index is 0.724. The summed E-state index contributed by atoms with van der Waals surface area (Å²) in [6.45, 7) is 5.72. The molecule has 0 aromatic heterocycles. The number of nitrogen functional groups attached to an aromatic ring is 1. The second-order valence-electron chi connectivity index (χ2n) is 4.89. The van der Waals surface area contributed by atoms with Gasteiger partial charge >= 0.3 is 0 Å². The predicted octanol–water partition coefficient (Wildman–Crippen LogP) is 3.48. The van der Waals surface area contributed by atoms with Gasteiger partial charge in [-0.15, -0.1) is 0 Å². The maximum atomic E-state index is 9.30. The Balaban J connectivity index is 2.29. The number of aryl methyl sites for hydroxylation is 1. The molecule has 2 aromatic rings. The topological polar surface area (TPSA) is 53.0 Å². The van der Waals surface area contributed by atoms with Gasteiger partial charge in [0.05, 0.1) is 11.3 Å². The van der Waals surface area contributed by atoms with Gasteiger partial charge in [0.1, 0.15) is 6.07 Å². The first-order valence-electron chi connectivity index (χ1n) is 6.74. The molecule has 0 aliphatic heterocycles. The molecular formula is C17H19N3. The van der Waals surface area contributed by atoms with Gasteiger partial charge in [0.25, 0.3) is 0 Å². The fraction of sp³-hybridized carbons (Fsp3) is 0.235. The largest absolute Gasteiger partial charge is 0.399 e. The summed E-state index contributed by atoms with van der Waals surface area (Å²) in [4.78, 5) is 2.20. The molecule has 0 spiro atoms. The summed E-state index contributed by atoms with van der Waals surface area (Å²) in [6.07, 6.45) is 0. The molecule has 102 valence electrons. The summed E-state index contributed by atoms with van der Waals surface area (Å²) >= 11 is 0. The van der Waals surface area contributed by atoms with Gasteiger partial charge < -0.3 is 10.6 Å². The van der Waals surface area contributed by atoms with Crippen molar-refractivity contribution in [3.63, 3.8) is 0 Å². The number of hydrogen-bond acceptors (Lipinski definition) is 3. The van der Waals surface area contributed by atoms with E-state index >= 15 is 0 Å². The first-order chi connectivity index (χ1) is 9.63. The Hall–Kier alpha value is -2.47. The molecule has 3 nitrogen and oxygen atoms in total. The van der Waals surface area contributed by atoms with E-state index in [4.69, 9.17) is 5.73 Å². The van der Waals surface area contributed by atoms with Gasteiger partial charge in [0, 0.05) is 18.8 Å². The van der Waals surface area contributed by atoms with E-state index in [0.29, 0.717) is 0 Å². The van der Waals surface area contributed by atoms with Crippen LogP contribution < -0.4 is 10.6 Å². The van der Waals surface area contributed by atoms with E-state index in [1.807, 2.05) is 49.4 Å². The van der Waals surface area contributed by atoms with Gasteiger partial charge in [-0.3, -0.25) is 0 Å². The van der Waals surface area contributed by atoms with Crippen molar-refractivity contribution >= 4 is 11.4 Å². The summed E-state index contributed by atoms with van der Waals surface area (Å²) in [5.74, 6) is 0. The SMILES string of the molecule is CCN(Cc1ccc(N)cc1)c1ccc(C)cc1C#N. The van der Waals surface area contributed by atoms with Crippen molar-refractivity contribution in [3.05, 3.63) is 59.2 Å². The first-order valence-corrected chi connectivity index (χ1v) is 6.74. The van der Waals surface area contributed by atoms with Crippen LogP contribution in [0.2, 0.25) is 0 Å². The van der Waals surface area contributed by atoms with E-state index < -0.39 is 0 Å². The summed E-state index contributed by atoms with van der Waals surface area (Å²) in [7, 11) is 0. The predicted molar refractivity (Wildman–Crippen MR) is 83.5 cm³/mol. The third-order valence-corrected chi connectivity index (χ3v) is 3.35. The van der Waals surface area contributed by atoms with E-state index in [1.165, 1.54) is 5.56 Å². The van der Waals surface area contributed by atoms with E-state index in [1.54, 1.807) is 0 Å². The van der Waals surface area contributed by atoms with Crippen molar-refractivity contribution in [1.29, 1.82) is 5.26 Å². The minimum atomic E-state index is 0.724. The highest BCUT2D eigenvalue weighted by molar-refractivity contribution is 5.60. The van der Waals surface area contributed by atoms with Crippen molar-refractivity contribution < 1.29 is 0 Å². The molecule has 0 amide bonds. The lowest BCUT2D eigenvalue weighted by atomic mass is 10.1. The van der Waals surface area contributed by atoms with Crippen molar-refractivity contribution in [2.45, 2.75) is 20.4 Å². The molecule has 0 heterocycles. The number of nitriles is 1. The average molecular weight is 265 g/mol. The summed E-state index contributed by atoms with van der Waals surface area (Å²) in [5.41, 5.74) is 10.5. The molecule has 2 rings (SSSR count). The molecular weight excluding hydrogens is 246 g/mol. The number of nitrogens with two attached hydrogens (primary N) is 1. The Kier molecular flexibility index (Phi) is 4.27. The molecule has 0 saturated carbocycles. The average Bonchev–Trinajstić information content (AvgIpc) is 2.47. The maximum Gasteiger partial charge on any atom is 0.101 e. The second kappa shape index (κ2) is 6.12. The Bertz CT molecular complexity index is 624. The first kappa shape index (κ1) is 14.0. The number of rotatable bonds is 4. The smallest absolute Gasteiger partial charge is 0.101 e. The van der Waals surface area contributed by atoms with Crippen LogP contribution in [0.25, 0.3) is 0 Å². The van der Waals surface area contributed by atoms with Crippen LogP contribution in [0, 0.1) is 18.3 Å². The van der Waals surface area contributed by atoms with Gasteiger partial charge in [0.2, 0.25) is 0 Å². The highest BCUT2D eigenvalue weighted by Gasteiger charge is 2.10. The lowest BCUT2D eigenvalue weighted by molar-refractivity contribution is 0.830. The van der Waals surface area contributed by atoms with Gasteiger partial charge in [-0.05, 0) is 49.2 Å². The fourth-order valence-corrected chi connectivity index (χ4v) is 2.23. The van der Waals surface area contributed by atoms with E-state index in [2.05, 4.69) is 17.9 Å². The summed E-state index contributed by atoms with van der Waals surface area (Å²) < 4.78 is 0. The molecule has 0 saturated heterocycles. The zero-order valence-electron chi connectivity index (χ0n) is 11.9. The van der Waals surface area contributed by atoms with Crippen molar-refractivity contribution in [3.8, 4) is 6.07 Å². The van der Waals surface area contributed by atoms with Gasteiger partial charge in [-0.1, -0.05) is 18.2 Å². The van der Waals surface area contributed by atoms with Gasteiger partial charge in [-0.25, -0.2) is 0 Å². The lowest BCUT2D eigenvalue weighted by Gasteiger charge is -2.24. The van der Waals surface area contributed by atoms with Gasteiger partial charge in [-0.2, -0.15) is 5.26 Å². The molecule has 0 unspecified atom stereocenters. The highest BCUT2D eigenvalue weighted by atomic mass is 15.1. The van der Waals surface area contributed by atoms with E-state index in [-0.39, 0.29) is 0 Å². The van der Waals surface area contributed by atoms with Crippen LogP contribution >= 0.6 is 0 Å². The zero-order chi connectivity index (χ0) is 14.5. The molecule has 2 N–H and O–H groups in total. The molecule has 0 atom stereocenters. The van der Waals surface area contributed by atoms with Gasteiger partial charge in [0.15, 0.2) is 0 Å². The van der Waals surface area contributed by atoms with Crippen molar-refractivity contribution in [2.75, 3.05) is 17.2 Å². The number of anilines is 2.